The third kappa shape index (κ3) is 3.45. The van der Waals surface area contributed by atoms with Crippen LogP contribution in [0.5, 0.6) is 0 Å². The molecule has 134 valence electrons. The first kappa shape index (κ1) is 17.1. The second kappa shape index (κ2) is 7.47. The van der Waals surface area contributed by atoms with Gasteiger partial charge in [-0.25, -0.2) is 4.98 Å². The third-order valence-corrected chi connectivity index (χ3v) is 5.55. The van der Waals surface area contributed by atoms with Crippen LogP contribution in [-0.4, -0.2) is 42.6 Å². The molecular formula is C19H19N3O3S. The van der Waals surface area contributed by atoms with Gasteiger partial charge in [0.15, 0.2) is 0 Å². The van der Waals surface area contributed by atoms with Crippen molar-refractivity contribution in [1.82, 2.24) is 10.3 Å². The van der Waals surface area contributed by atoms with Gasteiger partial charge in [0, 0.05) is 24.2 Å². The molecule has 0 bridgehead atoms. The number of carbonyl (C=O) groups excluding carboxylic acids is 2. The van der Waals surface area contributed by atoms with Crippen LogP contribution in [0, 0.1) is 0 Å². The summed E-state index contributed by atoms with van der Waals surface area (Å²) in [5.41, 5.74) is 1.24. The second-order valence-corrected chi connectivity index (χ2v) is 7.29. The van der Waals surface area contributed by atoms with Gasteiger partial charge >= 0.3 is 0 Å². The summed E-state index contributed by atoms with van der Waals surface area (Å²) in [5.74, 6) is -0.389. The number of hydrogen-bond acceptors (Lipinski definition) is 5. The molecule has 0 unspecified atom stereocenters. The summed E-state index contributed by atoms with van der Waals surface area (Å²) in [6.45, 7) is 1.18. The van der Waals surface area contributed by atoms with Crippen LogP contribution in [0.15, 0.2) is 52.5 Å². The van der Waals surface area contributed by atoms with Crippen molar-refractivity contribution in [3.05, 3.63) is 48.2 Å². The lowest BCUT2D eigenvalue weighted by atomic mass is 10.2. The third-order valence-electron chi connectivity index (χ3n) is 4.46. The average molecular weight is 369 g/mol. The lowest BCUT2D eigenvalue weighted by Crippen LogP contribution is -2.43. The number of carbonyl (C=O) groups is 2. The molecule has 1 fully saturated rings. The standard InChI is InChI=1S/C19H19N3O3S/c23-17(21-11-13-5-4-10-25-13)12-22-15-7-3-9-20-18(15)26-16-8-2-1-6-14(16)19(22)24/h1-3,6-9,13H,4-5,10-12H2,(H,21,23)/t13-/m1/s1. The number of nitrogens with zero attached hydrogens (tertiary/aromatic N) is 2. The lowest BCUT2D eigenvalue weighted by Gasteiger charge is -2.22. The highest BCUT2D eigenvalue weighted by Gasteiger charge is 2.29. The van der Waals surface area contributed by atoms with Crippen LogP contribution >= 0.6 is 11.8 Å². The number of rotatable bonds is 4. The summed E-state index contributed by atoms with van der Waals surface area (Å²) in [4.78, 5) is 32.3. The summed E-state index contributed by atoms with van der Waals surface area (Å²) in [5, 5.41) is 3.60. The molecule has 0 spiro atoms. The highest BCUT2D eigenvalue weighted by Crippen LogP contribution is 2.39. The zero-order valence-corrected chi connectivity index (χ0v) is 15.0. The molecule has 0 radical (unpaired) electrons. The fourth-order valence-corrected chi connectivity index (χ4v) is 4.16. The number of ether oxygens (including phenoxy) is 1. The van der Waals surface area contributed by atoms with E-state index in [-0.39, 0.29) is 24.5 Å². The Bertz CT molecular complexity index is 836. The topological polar surface area (TPSA) is 71.5 Å². The highest BCUT2D eigenvalue weighted by atomic mass is 32.2. The van der Waals surface area contributed by atoms with E-state index in [0.29, 0.717) is 17.8 Å². The first-order chi connectivity index (χ1) is 12.7. The number of benzene rings is 1. The molecule has 0 aliphatic carbocycles. The molecule has 2 aliphatic rings. The molecule has 1 N–H and O–H groups in total. The molecular weight excluding hydrogens is 350 g/mol. The van der Waals surface area contributed by atoms with E-state index in [1.54, 1.807) is 18.3 Å². The Labute approximate surface area is 155 Å². The van der Waals surface area contributed by atoms with Crippen LogP contribution in [0.2, 0.25) is 0 Å². The number of pyridine rings is 1. The Kier molecular flexibility index (Phi) is 4.90. The van der Waals surface area contributed by atoms with Crippen molar-refractivity contribution in [2.24, 2.45) is 0 Å². The van der Waals surface area contributed by atoms with E-state index < -0.39 is 0 Å². The quantitative estimate of drug-likeness (QED) is 0.897. The van der Waals surface area contributed by atoms with E-state index in [1.165, 1.54) is 16.7 Å². The molecule has 4 rings (SSSR count). The summed E-state index contributed by atoms with van der Waals surface area (Å²) >= 11 is 1.45. The van der Waals surface area contributed by atoms with Crippen molar-refractivity contribution in [1.29, 1.82) is 0 Å². The van der Waals surface area contributed by atoms with Crippen molar-refractivity contribution >= 4 is 29.3 Å². The first-order valence-electron chi connectivity index (χ1n) is 8.64. The number of aromatic nitrogens is 1. The van der Waals surface area contributed by atoms with Gasteiger partial charge in [-0.1, -0.05) is 23.9 Å². The van der Waals surface area contributed by atoms with Crippen molar-refractivity contribution in [2.45, 2.75) is 28.9 Å². The molecule has 2 aromatic rings. The van der Waals surface area contributed by atoms with E-state index >= 15 is 0 Å². The van der Waals surface area contributed by atoms with E-state index in [4.69, 9.17) is 4.74 Å². The maximum Gasteiger partial charge on any atom is 0.259 e. The molecule has 3 heterocycles. The zero-order valence-electron chi connectivity index (χ0n) is 14.2. The molecule has 6 nitrogen and oxygen atoms in total. The van der Waals surface area contributed by atoms with E-state index in [2.05, 4.69) is 10.3 Å². The number of amides is 2. The summed E-state index contributed by atoms with van der Waals surface area (Å²) < 4.78 is 5.53. The van der Waals surface area contributed by atoms with Gasteiger partial charge in [0.25, 0.3) is 5.91 Å². The molecule has 2 amide bonds. The molecule has 7 heteroatoms. The van der Waals surface area contributed by atoms with E-state index in [0.717, 1.165) is 29.4 Å². The maximum absolute atomic E-state index is 13.1. The fraction of sp³-hybridized carbons (Fsp3) is 0.316. The van der Waals surface area contributed by atoms with Crippen molar-refractivity contribution in [2.75, 3.05) is 24.6 Å². The van der Waals surface area contributed by atoms with Gasteiger partial charge in [0.2, 0.25) is 5.91 Å². The molecule has 1 atom stereocenters. The Balaban J connectivity index is 1.57. The molecule has 0 saturated carbocycles. The van der Waals surface area contributed by atoms with Crippen LogP contribution in [0.4, 0.5) is 5.69 Å². The molecule has 1 aromatic carbocycles. The second-order valence-electron chi connectivity index (χ2n) is 6.26. The van der Waals surface area contributed by atoms with E-state index in [9.17, 15) is 9.59 Å². The van der Waals surface area contributed by atoms with E-state index in [1.807, 2.05) is 24.3 Å². The molecule has 1 saturated heterocycles. The summed E-state index contributed by atoms with van der Waals surface area (Å²) in [6.07, 6.45) is 3.75. The van der Waals surface area contributed by atoms with Crippen LogP contribution in [0.1, 0.15) is 23.2 Å². The van der Waals surface area contributed by atoms with Gasteiger partial charge in [-0.2, -0.15) is 0 Å². The van der Waals surface area contributed by atoms with Gasteiger partial charge in [0.1, 0.15) is 11.6 Å². The van der Waals surface area contributed by atoms with Crippen molar-refractivity contribution in [3.63, 3.8) is 0 Å². The number of hydrogen-bond donors (Lipinski definition) is 1. The molecule has 1 aromatic heterocycles. The molecule has 2 aliphatic heterocycles. The number of anilines is 1. The van der Waals surface area contributed by atoms with Gasteiger partial charge < -0.3 is 10.1 Å². The number of nitrogens with one attached hydrogen (secondary N) is 1. The number of fused-ring (bicyclic) bond motifs is 2. The Morgan fingerprint density at radius 2 is 2.19 bits per heavy atom. The smallest absolute Gasteiger partial charge is 0.259 e. The zero-order chi connectivity index (χ0) is 17.9. The van der Waals surface area contributed by atoms with Crippen LogP contribution in [0.3, 0.4) is 0 Å². The Morgan fingerprint density at radius 3 is 3.04 bits per heavy atom. The lowest BCUT2D eigenvalue weighted by molar-refractivity contribution is -0.120. The fourth-order valence-electron chi connectivity index (χ4n) is 3.15. The summed E-state index contributed by atoms with van der Waals surface area (Å²) in [6, 6.07) is 11.0. The Morgan fingerprint density at radius 1 is 1.31 bits per heavy atom. The van der Waals surface area contributed by atoms with Crippen LogP contribution < -0.4 is 10.2 Å². The van der Waals surface area contributed by atoms with Gasteiger partial charge in [-0.15, -0.1) is 0 Å². The first-order valence-corrected chi connectivity index (χ1v) is 9.46. The Hall–Kier alpha value is -2.38. The van der Waals surface area contributed by atoms with Gasteiger partial charge in [0.05, 0.1) is 17.4 Å². The van der Waals surface area contributed by atoms with Gasteiger partial charge in [-0.05, 0) is 37.1 Å². The van der Waals surface area contributed by atoms with Crippen molar-refractivity contribution in [3.8, 4) is 0 Å². The SMILES string of the molecule is O=C(CN1C(=O)c2ccccc2Sc2ncccc21)NC[C@H]1CCCO1. The minimum Gasteiger partial charge on any atom is -0.376 e. The minimum absolute atomic E-state index is 0.0425. The predicted octanol–water partition coefficient (Wildman–Crippen LogP) is 2.49. The van der Waals surface area contributed by atoms with Gasteiger partial charge in [-0.3, -0.25) is 14.5 Å². The monoisotopic (exact) mass is 369 g/mol. The highest BCUT2D eigenvalue weighted by molar-refractivity contribution is 7.99. The predicted molar refractivity (Wildman–Crippen MR) is 98.5 cm³/mol. The largest absolute Gasteiger partial charge is 0.376 e. The van der Waals surface area contributed by atoms with Crippen molar-refractivity contribution < 1.29 is 14.3 Å². The molecule has 26 heavy (non-hydrogen) atoms. The average Bonchev–Trinajstić information content (AvgIpc) is 3.15. The summed E-state index contributed by atoms with van der Waals surface area (Å²) in [7, 11) is 0. The normalized spacial score (nSPS) is 18.8. The van der Waals surface area contributed by atoms with Crippen LogP contribution in [-0.2, 0) is 9.53 Å². The maximum atomic E-state index is 13.1. The minimum atomic E-state index is -0.201. The van der Waals surface area contributed by atoms with Crippen LogP contribution in [0.25, 0.3) is 0 Å².